The van der Waals surface area contributed by atoms with Crippen LogP contribution in [0.3, 0.4) is 0 Å². The van der Waals surface area contributed by atoms with Crippen LogP contribution in [0.25, 0.3) is 0 Å². The lowest BCUT2D eigenvalue weighted by atomic mass is 9.87. The summed E-state index contributed by atoms with van der Waals surface area (Å²) in [6, 6.07) is 13.1. The summed E-state index contributed by atoms with van der Waals surface area (Å²) in [5.41, 5.74) is 1.56. The number of alkyl halides is 1. The summed E-state index contributed by atoms with van der Waals surface area (Å²) < 4.78 is 41.5. The van der Waals surface area contributed by atoms with Crippen LogP contribution in [-0.4, -0.2) is 26.1 Å². The Labute approximate surface area is 159 Å². The summed E-state index contributed by atoms with van der Waals surface area (Å²) in [4.78, 5) is 13.5. The molecule has 0 spiro atoms. The molecule has 0 fully saturated rings. The third-order valence-electron chi connectivity index (χ3n) is 5.04. The Bertz CT molecular complexity index is 962. The van der Waals surface area contributed by atoms with Gasteiger partial charge in [-0.3, -0.25) is 4.79 Å². The SMILES string of the molecule is CC(=O)N1C[C@H](S(=O)(=O)c2ccc(C(C)(C)C)cc2)[C@@H](F)c2ccccc21. The highest BCUT2D eigenvalue weighted by atomic mass is 32.2. The standard InChI is InChI=1S/C21H24FNO3S/c1-14(24)23-13-19(20(22)17-7-5-6-8-18(17)23)27(25,26)16-11-9-15(10-12-16)21(2,3)4/h5-12,19-20H,13H2,1-4H3/t19-,20-/m0/s1. The Balaban J connectivity index is 2.03. The fraction of sp³-hybridized carbons (Fsp3) is 0.381. The van der Waals surface area contributed by atoms with Crippen molar-refractivity contribution in [1.29, 1.82) is 0 Å². The molecular formula is C21H24FNO3S. The highest BCUT2D eigenvalue weighted by Gasteiger charge is 2.43. The summed E-state index contributed by atoms with van der Waals surface area (Å²) in [5.74, 6) is -0.308. The van der Waals surface area contributed by atoms with Crippen molar-refractivity contribution in [2.45, 2.75) is 49.4 Å². The van der Waals surface area contributed by atoms with Crippen LogP contribution >= 0.6 is 0 Å². The minimum atomic E-state index is -3.95. The molecule has 0 radical (unpaired) electrons. The van der Waals surface area contributed by atoms with Gasteiger partial charge in [0.15, 0.2) is 9.84 Å². The monoisotopic (exact) mass is 389 g/mol. The zero-order chi connectivity index (χ0) is 20.0. The molecule has 2 aromatic carbocycles. The van der Waals surface area contributed by atoms with E-state index in [4.69, 9.17) is 0 Å². The quantitative estimate of drug-likeness (QED) is 0.773. The molecule has 1 amide bonds. The van der Waals surface area contributed by atoms with E-state index < -0.39 is 21.3 Å². The Hall–Kier alpha value is -2.21. The number of anilines is 1. The van der Waals surface area contributed by atoms with E-state index in [1.807, 2.05) is 20.8 Å². The number of hydrogen-bond acceptors (Lipinski definition) is 3. The Morgan fingerprint density at radius 3 is 2.22 bits per heavy atom. The summed E-state index contributed by atoms with van der Waals surface area (Å²) in [6.45, 7) is 7.28. The predicted octanol–water partition coefficient (Wildman–Crippen LogP) is 4.20. The molecule has 0 aromatic heterocycles. The van der Waals surface area contributed by atoms with E-state index in [1.54, 1.807) is 36.4 Å². The van der Waals surface area contributed by atoms with Crippen LogP contribution in [0.15, 0.2) is 53.4 Å². The van der Waals surface area contributed by atoms with Gasteiger partial charge in [-0.15, -0.1) is 0 Å². The number of para-hydroxylation sites is 1. The summed E-state index contributed by atoms with van der Waals surface area (Å²) in [5, 5.41) is -1.34. The van der Waals surface area contributed by atoms with Crippen molar-refractivity contribution in [3.8, 4) is 0 Å². The van der Waals surface area contributed by atoms with Crippen molar-refractivity contribution in [1.82, 2.24) is 0 Å². The lowest BCUT2D eigenvalue weighted by molar-refractivity contribution is -0.116. The Kier molecular flexibility index (Phi) is 4.89. The second kappa shape index (κ2) is 6.75. The van der Waals surface area contributed by atoms with E-state index in [9.17, 15) is 13.2 Å². The largest absolute Gasteiger partial charge is 0.311 e. The molecule has 27 heavy (non-hydrogen) atoms. The van der Waals surface area contributed by atoms with Gasteiger partial charge in [-0.05, 0) is 29.2 Å². The van der Waals surface area contributed by atoms with Gasteiger partial charge < -0.3 is 4.90 Å². The minimum Gasteiger partial charge on any atom is -0.311 e. The van der Waals surface area contributed by atoms with Crippen molar-refractivity contribution in [3.63, 3.8) is 0 Å². The van der Waals surface area contributed by atoms with Gasteiger partial charge in [-0.25, -0.2) is 12.8 Å². The molecule has 2 atom stereocenters. The van der Waals surface area contributed by atoms with Crippen molar-refractivity contribution in [3.05, 3.63) is 59.7 Å². The molecule has 2 aromatic rings. The van der Waals surface area contributed by atoms with Crippen LogP contribution in [0.2, 0.25) is 0 Å². The maximum Gasteiger partial charge on any atom is 0.223 e. The first-order chi connectivity index (χ1) is 12.5. The number of hydrogen-bond donors (Lipinski definition) is 0. The van der Waals surface area contributed by atoms with Crippen molar-refractivity contribution in [2.24, 2.45) is 0 Å². The smallest absolute Gasteiger partial charge is 0.223 e. The van der Waals surface area contributed by atoms with E-state index in [2.05, 4.69) is 0 Å². The van der Waals surface area contributed by atoms with Crippen molar-refractivity contribution in [2.75, 3.05) is 11.4 Å². The van der Waals surface area contributed by atoms with Crippen LogP contribution in [0.5, 0.6) is 0 Å². The normalized spacial score (nSPS) is 20.3. The Morgan fingerprint density at radius 2 is 1.67 bits per heavy atom. The first kappa shape index (κ1) is 19.5. The number of fused-ring (bicyclic) bond motifs is 1. The first-order valence-corrected chi connectivity index (χ1v) is 10.4. The molecule has 6 heteroatoms. The number of carbonyl (C=O) groups excluding carboxylic acids is 1. The number of carbonyl (C=O) groups is 1. The fourth-order valence-electron chi connectivity index (χ4n) is 3.41. The van der Waals surface area contributed by atoms with Crippen LogP contribution in [0.4, 0.5) is 10.1 Å². The number of benzene rings is 2. The molecule has 0 aliphatic carbocycles. The molecule has 3 rings (SSSR count). The maximum atomic E-state index is 15.2. The summed E-state index contributed by atoms with van der Waals surface area (Å²) in [6.07, 6.45) is -1.69. The molecule has 0 bridgehead atoms. The number of nitrogens with zero attached hydrogens (tertiary/aromatic N) is 1. The van der Waals surface area contributed by atoms with Crippen LogP contribution < -0.4 is 4.90 Å². The van der Waals surface area contributed by atoms with Gasteiger partial charge in [-0.1, -0.05) is 51.1 Å². The van der Waals surface area contributed by atoms with Gasteiger partial charge >= 0.3 is 0 Å². The number of halogens is 1. The van der Waals surface area contributed by atoms with Crippen molar-refractivity contribution >= 4 is 21.4 Å². The predicted molar refractivity (Wildman–Crippen MR) is 104 cm³/mol. The number of rotatable bonds is 2. The van der Waals surface area contributed by atoms with Crippen LogP contribution in [0, 0.1) is 0 Å². The molecule has 4 nitrogen and oxygen atoms in total. The van der Waals surface area contributed by atoms with Gasteiger partial charge in [0, 0.05) is 24.7 Å². The van der Waals surface area contributed by atoms with Gasteiger partial charge in [0.25, 0.3) is 0 Å². The van der Waals surface area contributed by atoms with Crippen LogP contribution in [0.1, 0.15) is 45.0 Å². The van der Waals surface area contributed by atoms with E-state index in [0.717, 1.165) is 5.56 Å². The third-order valence-corrected chi connectivity index (χ3v) is 7.16. The van der Waals surface area contributed by atoms with Gasteiger partial charge in [-0.2, -0.15) is 0 Å². The van der Waals surface area contributed by atoms with Crippen LogP contribution in [-0.2, 0) is 20.0 Å². The fourth-order valence-corrected chi connectivity index (χ4v) is 5.08. The highest BCUT2D eigenvalue weighted by Crippen LogP contribution is 2.41. The number of sulfone groups is 1. The highest BCUT2D eigenvalue weighted by molar-refractivity contribution is 7.92. The molecule has 0 unspecified atom stereocenters. The molecule has 1 aliphatic rings. The summed E-state index contributed by atoms with van der Waals surface area (Å²) >= 11 is 0. The topological polar surface area (TPSA) is 54.5 Å². The second-order valence-electron chi connectivity index (χ2n) is 7.95. The average Bonchev–Trinajstić information content (AvgIpc) is 2.61. The molecule has 0 saturated carbocycles. The molecule has 1 aliphatic heterocycles. The van der Waals surface area contributed by atoms with Gasteiger partial charge in [0.05, 0.1) is 4.90 Å². The molecular weight excluding hydrogens is 365 g/mol. The van der Waals surface area contributed by atoms with E-state index in [0.29, 0.717) is 5.69 Å². The lowest BCUT2D eigenvalue weighted by Gasteiger charge is -2.36. The van der Waals surface area contributed by atoms with Crippen molar-refractivity contribution < 1.29 is 17.6 Å². The average molecular weight is 389 g/mol. The third kappa shape index (κ3) is 3.50. The number of amides is 1. The van der Waals surface area contributed by atoms with E-state index >= 15 is 4.39 Å². The summed E-state index contributed by atoms with van der Waals surface area (Å²) in [7, 11) is -3.95. The van der Waals surface area contributed by atoms with E-state index in [-0.39, 0.29) is 28.3 Å². The molecule has 0 saturated heterocycles. The molecule has 0 N–H and O–H groups in total. The molecule has 1 heterocycles. The zero-order valence-electron chi connectivity index (χ0n) is 15.9. The lowest BCUT2D eigenvalue weighted by Crippen LogP contribution is -2.46. The first-order valence-electron chi connectivity index (χ1n) is 8.89. The molecule has 144 valence electrons. The van der Waals surface area contributed by atoms with E-state index in [1.165, 1.54) is 24.0 Å². The second-order valence-corrected chi connectivity index (χ2v) is 10.1. The zero-order valence-corrected chi connectivity index (χ0v) is 16.8. The Morgan fingerprint density at radius 1 is 1.07 bits per heavy atom. The minimum absolute atomic E-state index is 0.0750. The maximum absolute atomic E-state index is 15.2. The van der Waals surface area contributed by atoms with Gasteiger partial charge in [0.1, 0.15) is 11.4 Å². The van der Waals surface area contributed by atoms with Gasteiger partial charge in [0.2, 0.25) is 5.91 Å².